The average molecular weight is 265 g/mol. The highest BCUT2D eigenvalue weighted by molar-refractivity contribution is 7.15. The first-order chi connectivity index (χ1) is 8.63. The zero-order chi connectivity index (χ0) is 12.7. The Kier molecular flexibility index (Phi) is 3.32. The minimum atomic E-state index is 0.778. The highest BCUT2D eigenvalue weighted by atomic mass is 32.1. The predicted molar refractivity (Wildman–Crippen MR) is 77.3 cm³/mol. The fourth-order valence-corrected chi connectivity index (χ4v) is 3.33. The second kappa shape index (κ2) is 4.82. The second-order valence-corrected chi connectivity index (χ2v) is 7.08. The van der Waals surface area contributed by atoms with Crippen LogP contribution in [0.4, 0.5) is 5.13 Å². The standard InChI is InChI=1S/C14H23N3S/c1-9-6-11(9)8-17(3)14-16-10(2)13(18-14)7-15-12-4-5-12/h9,11-12,15H,4-8H2,1-3H3. The van der Waals surface area contributed by atoms with E-state index in [0.717, 1.165) is 24.4 Å². The van der Waals surface area contributed by atoms with Crippen molar-refractivity contribution in [1.29, 1.82) is 0 Å². The lowest BCUT2D eigenvalue weighted by Gasteiger charge is -2.14. The van der Waals surface area contributed by atoms with Crippen LogP contribution in [-0.2, 0) is 6.54 Å². The average Bonchev–Trinajstić information content (AvgIpc) is 3.22. The van der Waals surface area contributed by atoms with Crippen LogP contribution in [0.25, 0.3) is 0 Å². The van der Waals surface area contributed by atoms with Crippen molar-refractivity contribution < 1.29 is 0 Å². The van der Waals surface area contributed by atoms with Crippen molar-refractivity contribution in [3.05, 3.63) is 10.6 Å². The Morgan fingerprint density at radius 3 is 2.78 bits per heavy atom. The van der Waals surface area contributed by atoms with Gasteiger partial charge in [-0.3, -0.25) is 0 Å². The maximum atomic E-state index is 4.72. The molecular weight excluding hydrogens is 242 g/mol. The fourth-order valence-electron chi connectivity index (χ4n) is 2.35. The van der Waals surface area contributed by atoms with Crippen molar-refractivity contribution in [2.75, 3.05) is 18.5 Å². The Morgan fingerprint density at radius 2 is 2.17 bits per heavy atom. The van der Waals surface area contributed by atoms with Gasteiger partial charge in [0.05, 0.1) is 5.69 Å². The molecule has 2 atom stereocenters. The number of hydrogen-bond donors (Lipinski definition) is 1. The molecule has 1 aromatic heterocycles. The van der Waals surface area contributed by atoms with Crippen LogP contribution in [-0.4, -0.2) is 24.6 Å². The van der Waals surface area contributed by atoms with E-state index in [1.165, 1.54) is 41.5 Å². The summed E-state index contributed by atoms with van der Waals surface area (Å²) in [5, 5.41) is 4.77. The van der Waals surface area contributed by atoms with Crippen LogP contribution in [0.1, 0.15) is 36.8 Å². The molecule has 3 rings (SSSR count). The molecule has 18 heavy (non-hydrogen) atoms. The molecule has 2 saturated carbocycles. The molecule has 0 aromatic carbocycles. The highest BCUT2D eigenvalue weighted by Crippen LogP contribution is 2.39. The van der Waals surface area contributed by atoms with Gasteiger partial charge in [-0.05, 0) is 38.0 Å². The molecule has 2 fully saturated rings. The molecule has 0 bridgehead atoms. The number of nitrogens with one attached hydrogen (secondary N) is 1. The molecule has 0 spiro atoms. The molecule has 2 aliphatic rings. The number of nitrogens with zero attached hydrogens (tertiary/aromatic N) is 2. The second-order valence-electron chi connectivity index (χ2n) is 6.01. The monoisotopic (exact) mass is 265 g/mol. The maximum absolute atomic E-state index is 4.72. The lowest BCUT2D eigenvalue weighted by atomic mass is 10.3. The van der Waals surface area contributed by atoms with Gasteiger partial charge in [0, 0.05) is 31.1 Å². The van der Waals surface area contributed by atoms with Crippen LogP contribution >= 0.6 is 11.3 Å². The van der Waals surface area contributed by atoms with Gasteiger partial charge >= 0.3 is 0 Å². The first-order valence-electron chi connectivity index (χ1n) is 7.04. The Bertz CT molecular complexity index is 425. The molecule has 0 amide bonds. The molecule has 1 aromatic rings. The minimum Gasteiger partial charge on any atom is -0.351 e. The summed E-state index contributed by atoms with van der Waals surface area (Å²) in [5.74, 6) is 1.82. The number of rotatable bonds is 6. The lowest BCUT2D eigenvalue weighted by Crippen LogP contribution is -2.20. The normalized spacial score (nSPS) is 26.4. The van der Waals surface area contributed by atoms with Gasteiger partial charge in [0.2, 0.25) is 0 Å². The Morgan fingerprint density at radius 1 is 1.44 bits per heavy atom. The summed E-state index contributed by atoms with van der Waals surface area (Å²) in [4.78, 5) is 8.47. The van der Waals surface area contributed by atoms with Gasteiger partial charge < -0.3 is 10.2 Å². The number of thiazole rings is 1. The summed E-state index contributed by atoms with van der Waals surface area (Å²) in [5.41, 5.74) is 1.21. The van der Waals surface area contributed by atoms with E-state index in [9.17, 15) is 0 Å². The molecule has 3 nitrogen and oxygen atoms in total. The molecule has 4 heteroatoms. The van der Waals surface area contributed by atoms with Gasteiger partial charge in [0.1, 0.15) is 0 Å². The third-order valence-electron chi connectivity index (χ3n) is 4.12. The quantitative estimate of drug-likeness (QED) is 0.857. The van der Waals surface area contributed by atoms with E-state index in [0.29, 0.717) is 0 Å². The maximum Gasteiger partial charge on any atom is 0.185 e. The smallest absolute Gasteiger partial charge is 0.185 e. The third kappa shape index (κ3) is 2.86. The van der Waals surface area contributed by atoms with Crippen LogP contribution < -0.4 is 10.2 Å². The van der Waals surface area contributed by atoms with Gasteiger partial charge in [0.15, 0.2) is 5.13 Å². The van der Waals surface area contributed by atoms with Crippen LogP contribution in [0, 0.1) is 18.8 Å². The van der Waals surface area contributed by atoms with E-state index in [1.807, 2.05) is 11.3 Å². The van der Waals surface area contributed by atoms with E-state index >= 15 is 0 Å². The number of anilines is 1. The fraction of sp³-hybridized carbons (Fsp3) is 0.786. The molecule has 2 aliphatic carbocycles. The van der Waals surface area contributed by atoms with Crippen LogP contribution in [0.5, 0.6) is 0 Å². The predicted octanol–water partition coefficient (Wildman–Crippen LogP) is 2.80. The Hall–Kier alpha value is -0.610. The lowest BCUT2D eigenvalue weighted by molar-refractivity contribution is 0.691. The summed E-state index contributed by atoms with van der Waals surface area (Å²) in [7, 11) is 2.18. The highest BCUT2D eigenvalue weighted by Gasteiger charge is 2.33. The van der Waals surface area contributed by atoms with Crippen molar-refractivity contribution in [2.45, 2.75) is 45.7 Å². The Labute approximate surface area is 114 Å². The molecular formula is C14H23N3S. The summed E-state index contributed by atoms with van der Waals surface area (Å²) in [6.07, 6.45) is 4.10. The Balaban J connectivity index is 1.58. The van der Waals surface area contributed by atoms with Crippen LogP contribution in [0.15, 0.2) is 0 Å². The van der Waals surface area contributed by atoms with Gasteiger partial charge in [-0.2, -0.15) is 0 Å². The number of aromatic nitrogens is 1. The molecule has 1 N–H and O–H groups in total. The van der Waals surface area contributed by atoms with Crippen molar-refractivity contribution in [3.63, 3.8) is 0 Å². The number of aryl methyl sites for hydroxylation is 1. The van der Waals surface area contributed by atoms with Gasteiger partial charge in [-0.25, -0.2) is 4.98 Å². The summed E-state index contributed by atoms with van der Waals surface area (Å²) < 4.78 is 0. The summed E-state index contributed by atoms with van der Waals surface area (Å²) >= 11 is 1.86. The van der Waals surface area contributed by atoms with E-state index in [1.54, 1.807) is 0 Å². The van der Waals surface area contributed by atoms with Gasteiger partial charge in [-0.1, -0.05) is 6.92 Å². The van der Waals surface area contributed by atoms with Crippen molar-refractivity contribution in [1.82, 2.24) is 10.3 Å². The van der Waals surface area contributed by atoms with Crippen molar-refractivity contribution in [2.24, 2.45) is 11.8 Å². The van der Waals surface area contributed by atoms with Gasteiger partial charge in [0.25, 0.3) is 0 Å². The zero-order valence-corrected chi connectivity index (χ0v) is 12.4. The van der Waals surface area contributed by atoms with Crippen molar-refractivity contribution >= 4 is 16.5 Å². The van der Waals surface area contributed by atoms with Crippen LogP contribution in [0.3, 0.4) is 0 Å². The van der Waals surface area contributed by atoms with E-state index in [4.69, 9.17) is 4.98 Å². The summed E-state index contributed by atoms with van der Waals surface area (Å²) in [6, 6.07) is 0.778. The van der Waals surface area contributed by atoms with E-state index in [-0.39, 0.29) is 0 Å². The minimum absolute atomic E-state index is 0.778. The summed E-state index contributed by atoms with van der Waals surface area (Å²) in [6.45, 7) is 6.65. The molecule has 0 radical (unpaired) electrons. The molecule has 2 unspecified atom stereocenters. The topological polar surface area (TPSA) is 28.2 Å². The first-order valence-corrected chi connectivity index (χ1v) is 7.86. The molecule has 1 heterocycles. The van der Waals surface area contributed by atoms with Gasteiger partial charge in [-0.15, -0.1) is 11.3 Å². The molecule has 0 aliphatic heterocycles. The first kappa shape index (κ1) is 12.4. The third-order valence-corrected chi connectivity index (χ3v) is 5.39. The zero-order valence-electron chi connectivity index (χ0n) is 11.6. The molecule has 100 valence electrons. The van der Waals surface area contributed by atoms with E-state index < -0.39 is 0 Å². The van der Waals surface area contributed by atoms with Crippen molar-refractivity contribution in [3.8, 4) is 0 Å². The number of hydrogen-bond acceptors (Lipinski definition) is 4. The SMILES string of the molecule is Cc1nc(N(C)CC2CC2C)sc1CNC1CC1. The largest absolute Gasteiger partial charge is 0.351 e. The van der Waals surface area contributed by atoms with E-state index in [2.05, 4.69) is 31.1 Å². The van der Waals surface area contributed by atoms with Crippen LogP contribution in [0.2, 0.25) is 0 Å². The molecule has 0 saturated heterocycles.